The number of aryl methyl sites for hydroxylation is 1. The molecule has 0 unspecified atom stereocenters. The molecule has 28 heavy (non-hydrogen) atoms. The predicted molar refractivity (Wildman–Crippen MR) is 106 cm³/mol. The molecule has 4 rings (SSSR count). The van der Waals surface area contributed by atoms with Crippen molar-refractivity contribution in [3.63, 3.8) is 0 Å². The van der Waals surface area contributed by atoms with Crippen LogP contribution in [0.2, 0.25) is 0 Å². The molecule has 8 heteroatoms. The number of amides is 1. The van der Waals surface area contributed by atoms with Crippen LogP contribution in [0.4, 0.5) is 0 Å². The van der Waals surface area contributed by atoms with Gasteiger partial charge >= 0.3 is 0 Å². The summed E-state index contributed by atoms with van der Waals surface area (Å²) >= 11 is 0. The lowest BCUT2D eigenvalue weighted by Gasteiger charge is -2.32. The molecule has 0 saturated carbocycles. The molecule has 1 amide bonds. The number of aromatic nitrogens is 5. The zero-order valence-electron chi connectivity index (χ0n) is 16.0. The van der Waals surface area contributed by atoms with Crippen molar-refractivity contribution in [1.82, 2.24) is 30.1 Å². The molecule has 0 spiro atoms. The maximum absolute atomic E-state index is 12.9. The summed E-state index contributed by atoms with van der Waals surface area (Å²) in [5.41, 5.74) is 10.5. The van der Waals surface area contributed by atoms with Crippen LogP contribution in [0.1, 0.15) is 40.5 Å². The lowest BCUT2D eigenvalue weighted by atomic mass is 9.90. The zero-order valence-corrected chi connectivity index (χ0v) is 16.0. The van der Waals surface area contributed by atoms with Crippen LogP contribution in [0.15, 0.2) is 36.7 Å². The molecule has 1 aromatic carbocycles. The van der Waals surface area contributed by atoms with Crippen molar-refractivity contribution in [3.05, 3.63) is 53.6 Å². The van der Waals surface area contributed by atoms with E-state index in [4.69, 9.17) is 5.73 Å². The molecule has 0 aliphatic carbocycles. The SMILES string of the molecule is Cc1ccc(-c2cn[nH]c2[C@@H]2CCCN(C(=O)c3cn(CCN)nn3)C2)cc1. The largest absolute Gasteiger partial charge is 0.337 e. The van der Waals surface area contributed by atoms with Gasteiger partial charge in [-0.1, -0.05) is 35.0 Å². The summed E-state index contributed by atoms with van der Waals surface area (Å²) in [6, 6.07) is 8.44. The van der Waals surface area contributed by atoms with E-state index in [1.807, 2.05) is 11.1 Å². The second kappa shape index (κ2) is 7.93. The Kier molecular flexibility index (Phi) is 5.21. The average molecular weight is 379 g/mol. The fraction of sp³-hybridized carbons (Fsp3) is 0.400. The quantitative estimate of drug-likeness (QED) is 0.705. The number of hydrogen-bond donors (Lipinski definition) is 2. The fourth-order valence-electron chi connectivity index (χ4n) is 3.77. The van der Waals surface area contributed by atoms with Crippen LogP contribution < -0.4 is 5.73 Å². The van der Waals surface area contributed by atoms with Gasteiger partial charge in [-0.15, -0.1) is 5.10 Å². The molecular formula is C20H25N7O. The highest BCUT2D eigenvalue weighted by Crippen LogP contribution is 2.33. The fourth-order valence-corrected chi connectivity index (χ4v) is 3.77. The molecule has 0 radical (unpaired) electrons. The van der Waals surface area contributed by atoms with Gasteiger partial charge in [0.25, 0.3) is 5.91 Å². The maximum Gasteiger partial charge on any atom is 0.276 e. The highest BCUT2D eigenvalue weighted by molar-refractivity contribution is 5.92. The molecule has 1 fully saturated rings. The lowest BCUT2D eigenvalue weighted by Crippen LogP contribution is -2.39. The van der Waals surface area contributed by atoms with Crippen LogP contribution in [0.3, 0.4) is 0 Å². The highest BCUT2D eigenvalue weighted by atomic mass is 16.2. The highest BCUT2D eigenvalue weighted by Gasteiger charge is 2.29. The summed E-state index contributed by atoms with van der Waals surface area (Å²) in [4.78, 5) is 14.7. The molecule has 8 nitrogen and oxygen atoms in total. The Hall–Kier alpha value is -3.00. The molecule has 3 heterocycles. The summed E-state index contributed by atoms with van der Waals surface area (Å²) in [6.45, 7) is 4.46. The van der Waals surface area contributed by atoms with Gasteiger partial charge in [-0.3, -0.25) is 14.6 Å². The van der Waals surface area contributed by atoms with E-state index in [9.17, 15) is 4.79 Å². The summed E-state index contributed by atoms with van der Waals surface area (Å²) in [5.74, 6) is 0.139. The van der Waals surface area contributed by atoms with Crippen molar-refractivity contribution in [1.29, 1.82) is 0 Å². The van der Waals surface area contributed by atoms with Crippen molar-refractivity contribution >= 4 is 5.91 Å². The molecule has 1 aliphatic rings. The number of carbonyl (C=O) groups is 1. The topological polar surface area (TPSA) is 106 Å². The van der Waals surface area contributed by atoms with E-state index >= 15 is 0 Å². The summed E-state index contributed by atoms with van der Waals surface area (Å²) in [6.07, 6.45) is 5.51. The van der Waals surface area contributed by atoms with Gasteiger partial charge < -0.3 is 10.6 Å². The van der Waals surface area contributed by atoms with Crippen LogP contribution in [-0.2, 0) is 6.54 Å². The van der Waals surface area contributed by atoms with Gasteiger partial charge in [-0.2, -0.15) is 5.10 Å². The van der Waals surface area contributed by atoms with Gasteiger partial charge in [-0.25, -0.2) is 0 Å². The number of nitrogens with zero attached hydrogens (tertiary/aromatic N) is 5. The average Bonchev–Trinajstić information content (AvgIpc) is 3.38. The minimum absolute atomic E-state index is 0.0793. The summed E-state index contributed by atoms with van der Waals surface area (Å²) < 4.78 is 1.61. The Labute approximate surface area is 163 Å². The summed E-state index contributed by atoms with van der Waals surface area (Å²) in [7, 11) is 0. The van der Waals surface area contributed by atoms with Crippen LogP contribution in [0.5, 0.6) is 0 Å². The Bertz CT molecular complexity index is 944. The third-order valence-electron chi connectivity index (χ3n) is 5.26. The second-order valence-corrected chi connectivity index (χ2v) is 7.31. The van der Waals surface area contributed by atoms with Crippen LogP contribution in [0, 0.1) is 6.92 Å². The number of carbonyl (C=O) groups excluding carboxylic acids is 1. The number of H-pyrrole nitrogens is 1. The van der Waals surface area contributed by atoms with Crippen molar-refractivity contribution < 1.29 is 4.79 Å². The number of hydrogen-bond acceptors (Lipinski definition) is 5. The van der Waals surface area contributed by atoms with E-state index in [1.165, 1.54) is 5.56 Å². The normalized spacial score (nSPS) is 17.1. The maximum atomic E-state index is 12.9. The van der Waals surface area contributed by atoms with Gasteiger partial charge in [0.2, 0.25) is 0 Å². The molecule has 1 saturated heterocycles. The Balaban J connectivity index is 1.52. The lowest BCUT2D eigenvalue weighted by molar-refractivity contribution is 0.0700. The van der Waals surface area contributed by atoms with E-state index in [1.54, 1.807) is 10.9 Å². The first kappa shape index (κ1) is 18.4. The third kappa shape index (κ3) is 3.68. The van der Waals surface area contributed by atoms with Crippen LogP contribution >= 0.6 is 0 Å². The first-order valence-electron chi connectivity index (χ1n) is 9.65. The number of likely N-dealkylation sites (tertiary alicyclic amines) is 1. The molecule has 1 atom stereocenters. The standard InChI is InChI=1S/C20H25N7O/c1-14-4-6-15(7-5-14)17-11-22-24-19(17)16-3-2-9-26(12-16)20(28)18-13-27(10-8-21)25-23-18/h4-7,11,13,16H,2-3,8-10,12,21H2,1H3,(H,22,24)/t16-/m1/s1. The summed E-state index contributed by atoms with van der Waals surface area (Å²) in [5, 5.41) is 15.4. The molecule has 3 aromatic rings. The van der Waals surface area contributed by atoms with E-state index in [0.717, 1.165) is 36.2 Å². The smallest absolute Gasteiger partial charge is 0.276 e. The van der Waals surface area contributed by atoms with Crippen molar-refractivity contribution in [2.24, 2.45) is 5.73 Å². The molecule has 1 aliphatic heterocycles. The van der Waals surface area contributed by atoms with Gasteiger partial charge in [0.15, 0.2) is 5.69 Å². The van der Waals surface area contributed by atoms with E-state index in [0.29, 0.717) is 25.3 Å². The van der Waals surface area contributed by atoms with E-state index in [-0.39, 0.29) is 11.8 Å². The minimum atomic E-state index is -0.0793. The van der Waals surface area contributed by atoms with Crippen LogP contribution in [0.25, 0.3) is 11.1 Å². The first-order valence-corrected chi connectivity index (χ1v) is 9.65. The Morgan fingerprint density at radius 3 is 2.93 bits per heavy atom. The molecule has 0 bridgehead atoms. The second-order valence-electron chi connectivity index (χ2n) is 7.31. The molecular weight excluding hydrogens is 354 g/mol. The molecule has 146 valence electrons. The molecule has 2 aromatic heterocycles. The number of aromatic amines is 1. The van der Waals surface area contributed by atoms with Crippen molar-refractivity contribution in [2.45, 2.75) is 32.2 Å². The van der Waals surface area contributed by atoms with E-state index < -0.39 is 0 Å². The zero-order chi connectivity index (χ0) is 19.5. The van der Waals surface area contributed by atoms with Gasteiger partial charge in [0.05, 0.1) is 18.9 Å². The number of rotatable bonds is 5. The van der Waals surface area contributed by atoms with Gasteiger partial charge in [0, 0.05) is 36.8 Å². The monoisotopic (exact) mass is 379 g/mol. The number of nitrogens with one attached hydrogen (secondary N) is 1. The molecule has 3 N–H and O–H groups in total. The Morgan fingerprint density at radius 1 is 1.32 bits per heavy atom. The van der Waals surface area contributed by atoms with Crippen LogP contribution in [-0.4, -0.2) is 55.6 Å². The van der Waals surface area contributed by atoms with Gasteiger partial charge in [0.1, 0.15) is 0 Å². The number of benzene rings is 1. The van der Waals surface area contributed by atoms with Crippen molar-refractivity contribution in [3.8, 4) is 11.1 Å². The minimum Gasteiger partial charge on any atom is -0.337 e. The first-order chi connectivity index (χ1) is 13.7. The van der Waals surface area contributed by atoms with Gasteiger partial charge in [-0.05, 0) is 25.3 Å². The predicted octanol–water partition coefficient (Wildman–Crippen LogP) is 1.96. The number of nitrogens with two attached hydrogens (primary N) is 1. The Morgan fingerprint density at radius 2 is 2.14 bits per heavy atom. The third-order valence-corrected chi connectivity index (χ3v) is 5.26. The van der Waals surface area contributed by atoms with Crippen molar-refractivity contribution in [2.75, 3.05) is 19.6 Å². The van der Waals surface area contributed by atoms with E-state index in [2.05, 4.69) is 51.7 Å². The number of piperidine rings is 1.